The number of esters is 1. The highest BCUT2D eigenvalue weighted by molar-refractivity contribution is 7.90. The number of carbonyl (C=O) groups is 1. The molecule has 0 unspecified atom stereocenters. The van der Waals surface area contributed by atoms with E-state index in [2.05, 4.69) is 0 Å². The number of aryl methyl sites for hydroxylation is 1. The van der Waals surface area contributed by atoms with E-state index < -0.39 is 32.3 Å². The molecule has 7 heteroatoms. The van der Waals surface area contributed by atoms with Crippen molar-refractivity contribution in [3.63, 3.8) is 0 Å². The number of halogens is 2. The summed E-state index contributed by atoms with van der Waals surface area (Å²) in [5.41, 5.74) is 1.57. The molecule has 0 bridgehead atoms. The van der Waals surface area contributed by atoms with Gasteiger partial charge >= 0.3 is 5.97 Å². The van der Waals surface area contributed by atoms with Gasteiger partial charge in [-0.05, 0) is 24.6 Å². The lowest BCUT2D eigenvalue weighted by Crippen LogP contribution is -2.04. The van der Waals surface area contributed by atoms with Crippen molar-refractivity contribution in [3.8, 4) is 0 Å². The van der Waals surface area contributed by atoms with Gasteiger partial charge in [0.15, 0.2) is 9.84 Å². The van der Waals surface area contributed by atoms with Crippen LogP contribution in [-0.4, -0.2) is 27.2 Å². The van der Waals surface area contributed by atoms with Gasteiger partial charge < -0.3 is 4.74 Å². The van der Waals surface area contributed by atoms with E-state index in [0.29, 0.717) is 11.6 Å². The average molecular weight is 364 g/mol. The third kappa shape index (κ3) is 3.19. The topological polar surface area (TPSA) is 60.4 Å². The summed E-state index contributed by atoms with van der Waals surface area (Å²) in [4.78, 5) is 11.4. The zero-order valence-corrected chi connectivity index (χ0v) is 14.3. The van der Waals surface area contributed by atoms with E-state index in [1.807, 2.05) is 13.0 Å². The fourth-order valence-electron chi connectivity index (χ4n) is 2.75. The summed E-state index contributed by atoms with van der Waals surface area (Å²) in [5, 5.41) is 0. The van der Waals surface area contributed by atoms with Gasteiger partial charge in [0, 0.05) is 17.4 Å². The van der Waals surface area contributed by atoms with Crippen molar-refractivity contribution in [2.75, 3.05) is 12.9 Å². The van der Waals surface area contributed by atoms with Crippen LogP contribution in [0.15, 0.2) is 41.3 Å². The van der Waals surface area contributed by atoms with Crippen LogP contribution in [0.1, 0.15) is 16.7 Å². The molecule has 0 N–H and O–H groups in total. The van der Waals surface area contributed by atoms with Gasteiger partial charge in [-0.25, -0.2) is 22.0 Å². The second-order valence-corrected chi connectivity index (χ2v) is 7.82. The summed E-state index contributed by atoms with van der Waals surface area (Å²) in [6, 6.07) is 8.41. The second-order valence-electron chi connectivity index (χ2n) is 5.83. The maximum Gasteiger partial charge on any atom is 0.339 e. The van der Waals surface area contributed by atoms with E-state index in [-0.39, 0.29) is 23.3 Å². The smallest absolute Gasteiger partial charge is 0.339 e. The second kappa shape index (κ2) is 6.07. The molecule has 1 heterocycles. The molecule has 2 aromatic carbocycles. The van der Waals surface area contributed by atoms with Crippen LogP contribution in [-0.2, 0) is 19.4 Å². The molecule has 0 saturated heterocycles. The number of carbonyl (C=O) groups excluding carboxylic acids is 1. The number of ether oxygens (including phenoxy) is 1. The molecule has 130 valence electrons. The molecular formula is C18H14F2O4S. The Morgan fingerprint density at radius 2 is 1.80 bits per heavy atom. The first-order valence-electron chi connectivity index (χ1n) is 7.35. The minimum atomic E-state index is -3.91. The van der Waals surface area contributed by atoms with Gasteiger partial charge in [0.25, 0.3) is 0 Å². The normalized spacial score (nSPS) is 14.8. The first kappa shape index (κ1) is 17.3. The van der Waals surface area contributed by atoms with E-state index >= 15 is 0 Å². The lowest BCUT2D eigenvalue weighted by molar-refractivity contribution is -0.133. The summed E-state index contributed by atoms with van der Waals surface area (Å²) in [5.74, 6) is -2.64. The van der Waals surface area contributed by atoms with Gasteiger partial charge in [0.05, 0.1) is 5.57 Å². The summed E-state index contributed by atoms with van der Waals surface area (Å²) >= 11 is 0. The van der Waals surface area contributed by atoms with E-state index in [1.54, 1.807) is 18.2 Å². The van der Waals surface area contributed by atoms with Crippen molar-refractivity contribution in [2.45, 2.75) is 11.8 Å². The number of rotatable bonds is 3. The molecule has 2 aromatic rings. The Hall–Kier alpha value is -2.54. The number of hydrogen-bond donors (Lipinski definition) is 0. The van der Waals surface area contributed by atoms with Crippen molar-refractivity contribution in [3.05, 3.63) is 64.7 Å². The fraction of sp³-hybridized carbons (Fsp3) is 0.167. The van der Waals surface area contributed by atoms with Crippen LogP contribution in [0.3, 0.4) is 0 Å². The standard InChI is InChI=1S/C18H14F2O4S/c1-10-4-3-5-11(6-10)17-13(9-24-18(17)21)12-7-15(20)16(8-14(12)19)25(2,22)23/h3-8H,9H2,1-2H3. The molecule has 25 heavy (non-hydrogen) atoms. The van der Waals surface area contributed by atoms with Crippen molar-refractivity contribution in [2.24, 2.45) is 0 Å². The van der Waals surface area contributed by atoms with Gasteiger partial charge in [-0.2, -0.15) is 0 Å². The predicted molar refractivity (Wildman–Crippen MR) is 88.4 cm³/mol. The molecule has 0 aliphatic carbocycles. The highest BCUT2D eigenvalue weighted by Gasteiger charge is 2.30. The Labute approximate surface area is 143 Å². The number of benzene rings is 2. The van der Waals surface area contributed by atoms with Crippen molar-refractivity contribution < 1.29 is 26.7 Å². The van der Waals surface area contributed by atoms with Crippen LogP contribution in [0.4, 0.5) is 8.78 Å². The van der Waals surface area contributed by atoms with Gasteiger partial charge in [-0.3, -0.25) is 0 Å². The zero-order valence-electron chi connectivity index (χ0n) is 13.5. The first-order chi connectivity index (χ1) is 11.7. The van der Waals surface area contributed by atoms with Crippen LogP contribution in [0.2, 0.25) is 0 Å². The molecule has 0 radical (unpaired) electrons. The van der Waals surface area contributed by atoms with Gasteiger partial charge in [-0.1, -0.05) is 29.8 Å². The SMILES string of the molecule is Cc1cccc(C2=C(c3cc(F)c(S(C)(=O)=O)cc3F)COC2=O)c1. The van der Waals surface area contributed by atoms with E-state index in [9.17, 15) is 22.0 Å². The number of sulfone groups is 1. The first-order valence-corrected chi connectivity index (χ1v) is 9.24. The van der Waals surface area contributed by atoms with E-state index in [1.165, 1.54) is 0 Å². The maximum atomic E-state index is 14.5. The maximum absolute atomic E-state index is 14.5. The van der Waals surface area contributed by atoms with Crippen LogP contribution in [0.25, 0.3) is 11.1 Å². The molecule has 0 spiro atoms. The largest absolute Gasteiger partial charge is 0.457 e. The molecular weight excluding hydrogens is 350 g/mol. The monoisotopic (exact) mass is 364 g/mol. The quantitative estimate of drug-likeness (QED) is 0.785. The number of cyclic esters (lactones) is 1. The molecule has 4 nitrogen and oxygen atoms in total. The van der Waals surface area contributed by atoms with Crippen molar-refractivity contribution in [1.29, 1.82) is 0 Å². The third-order valence-electron chi connectivity index (χ3n) is 3.91. The highest BCUT2D eigenvalue weighted by Crippen LogP contribution is 2.35. The fourth-order valence-corrected chi connectivity index (χ4v) is 3.49. The molecule has 3 rings (SSSR count). The number of hydrogen-bond acceptors (Lipinski definition) is 4. The lowest BCUT2D eigenvalue weighted by atomic mass is 9.95. The molecule has 1 aliphatic rings. The zero-order chi connectivity index (χ0) is 18.4. The van der Waals surface area contributed by atoms with Crippen LogP contribution in [0.5, 0.6) is 0 Å². The predicted octanol–water partition coefficient (Wildman–Crippen LogP) is 3.14. The van der Waals surface area contributed by atoms with Crippen molar-refractivity contribution in [1.82, 2.24) is 0 Å². The molecule has 0 amide bonds. The molecule has 0 aromatic heterocycles. The van der Waals surface area contributed by atoms with Gasteiger partial charge in [0.2, 0.25) is 0 Å². The van der Waals surface area contributed by atoms with Crippen LogP contribution < -0.4 is 0 Å². The van der Waals surface area contributed by atoms with Crippen LogP contribution in [0, 0.1) is 18.6 Å². The Balaban J connectivity index is 2.23. The summed E-state index contributed by atoms with van der Waals surface area (Å²) in [6.07, 6.45) is 0.796. The molecule has 0 fully saturated rings. The Morgan fingerprint density at radius 1 is 1.08 bits per heavy atom. The third-order valence-corrected chi connectivity index (χ3v) is 5.02. The Kier molecular flexibility index (Phi) is 4.20. The van der Waals surface area contributed by atoms with Gasteiger partial charge in [-0.15, -0.1) is 0 Å². The van der Waals surface area contributed by atoms with Crippen LogP contribution >= 0.6 is 0 Å². The lowest BCUT2D eigenvalue weighted by Gasteiger charge is -2.09. The molecule has 0 saturated carbocycles. The van der Waals surface area contributed by atoms with E-state index in [0.717, 1.165) is 17.9 Å². The summed E-state index contributed by atoms with van der Waals surface area (Å²) in [7, 11) is -3.91. The van der Waals surface area contributed by atoms with Crippen molar-refractivity contribution >= 4 is 27.0 Å². The minimum absolute atomic E-state index is 0.147. The summed E-state index contributed by atoms with van der Waals surface area (Å²) < 4.78 is 56.7. The average Bonchev–Trinajstić information content (AvgIpc) is 2.89. The Bertz CT molecular complexity index is 1020. The minimum Gasteiger partial charge on any atom is -0.457 e. The highest BCUT2D eigenvalue weighted by atomic mass is 32.2. The summed E-state index contributed by atoms with van der Waals surface area (Å²) in [6.45, 7) is 1.63. The van der Waals surface area contributed by atoms with E-state index in [4.69, 9.17) is 4.74 Å². The molecule has 0 atom stereocenters. The molecule has 1 aliphatic heterocycles. The van der Waals surface area contributed by atoms with Gasteiger partial charge in [0.1, 0.15) is 23.1 Å². The Morgan fingerprint density at radius 3 is 2.44 bits per heavy atom.